The first-order chi connectivity index (χ1) is 7.12. The van der Waals surface area contributed by atoms with Crippen LogP contribution < -0.4 is 0 Å². The van der Waals surface area contributed by atoms with E-state index in [4.69, 9.17) is 5.11 Å². The van der Waals surface area contributed by atoms with E-state index in [-0.39, 0.29) is 12.0 Å². The summed E-state index contributed by atoms with van der Waals surface area (Å²) in [5, 5.41) is 19.5. The molecule has 0 aromatic rings. The minimum Gasteiger partial charge on any atom is -0.396 e. The number of hydrogen-bond donors (Lipinski definition) is 2. The van der Waals surface area contributed by atoms with Gasteiger partial charge >= 0.3 is 0 Å². The normalized spacial score (nSPS) is 43.3. The van der Waals surface area contributed by atoms with Gasteiger partial charge in [-0.25, -0.2) is 0 Å². The molecule has 0 bridgehead atoms. The van der Waals surface area contributed by atoms with Gasteiger partial charge in [-0.05, 0) is 32.1 Å². The van der Waals surface area contributed by atoms with E-state index in [1.54, 1.807) is 0 Å². The lowest BCUT2D eigenvalue weighted by molar-refractivity contribution is -0.0690. The predicted octanol–water partition coefficient (Wildman–Crippen LogP) is 2.40. The van der Waals surface area contributed by atoms with Crippen LogP contribution in [-0.4, -0.2) is 22.4 Å². The Bertz CT molecular complexity index is 272. The van der Waals surface area contributed by atoms with Crippen LogP contribution in [0.1, 0.15) is 51.9 Å². The van der Waals surface area contributed by atoms with Crippen LogP contribution in [0.2, 0.25) is 0 Å². The quantitative estimate of drug-likeness (QED) is 0.687. The van der Waals surface area contributed by atoms with Gasteiger partial charge in [0, 0.05) is 12.0 Å². The number of hydrogen-bond acceptors (Lipinski definition) is 2. The van der Waals surface area contributed by atoms with Gasteiger partial charge in [0.15, 0.2) is 0 Å². The fourth-order valence-corrected chi connectivity index (χ4v) is 3.45. The van der Waals surface area contributed by atoms with E-state index in [1.807, 2.05) is 0 Å². The average Bonchev–Trinajstić information content (AvgIpc) is 2.48. The smallest absolute Gasteiger partial charge is 0.0741 e. The van der Waals surface area contributed by atoms with Gasteiger partial charge in [0.25, 0.3) is 0 Å². The summed E-state index contributed by atoms with van der Waals surface area (Å²) in [5.41, 5.74) is 0.936. The van der Waals surface area contributed by atoms with Crippen molar-refractivity contribution >= 4 is 0 Å². The molecule has 2 unspecified atom stereocenters. The summed E-state index contributed by atoms with van der Waals surface area (Å²) < 4.78 is 0. The molecule has 86 valence electrons. The Balaban J connectivity index is 2.24. The summed E-state index contributed by atoms with van der Waals surface area (Å²) in [5.74, 6) is 0. The Morgan fingerprint density at radius 2 is 2.00 bits per heavy atom. The van der Waals surface area contributed by atoms with Crippen molar-refractivity contribution in [3.8, 4) is 0 Å². The van der Waals surface area contributed by atoms with Crippen LogP contribution in [0.25, 0.3) is 0 Å². The van der Waals surface area contributed by atoms with Crippen LogP contribution in [0, 0.1) is 5.41 Å². The van der Waals surface area contributed by atoms with Gasteiger partial charge < -0.3 is 10.2 Å². The first-order valence-corrected chi connectivity index (χ1v) is 6.15. The second-order valence-electron chi connectivity index (χ2n) is 5.31. The van der Waals surface area contributed by atoms with Gasteiger partial charge in [0.2, 0.25) is 0 Å². The molecule has 0 aromatic heterocycles. The number of aliphatic hydroxyl groups is 2. The summed E-state index contributed by atoms with van der Waals surface area (Å²) in [7, 11) is 0. The fraction of sp³-hybridized carbons (Fsp3) is 0.846. The number of aliphatic hydroxyl groups excluding tert-OH is 1. The highest BCUT2D eigenvalue weighted by atomic mass is 16.3. The Labute approximate surface area is 92.0 Å². The van der Waals surface area contributed by atoms with Crippen LogP contribution in [-0.2, 0) is 0 Å². The minimum atomic E-state index is -0.452. The molecule has 2 heteroatoms. The van der Waals surface area contributed by atoms with Crippen LogP contribution in [0.3, 0.4) is 0 Å². The van der Waals surface area contributed by atoms with E-state index in [1.165, 1.54) is 18.4 Å². The first kappa shape index (κ1) is 11.2. The van der Waals surface area contributed by atoms with Gasteiger partial charge in [-0.1, -0.05) is 31.4 Å². The van der Waals surface area contributed by atoms with E-state index in [2.05, 4.69) is 13.0 Å². The third-order valence-electron chi connectivity index (χ3n) is 4.58. The SMILES string of the molecule is CC12CCCCC1(O)CCC2=CCCO. The van der Waals surface area contributed by atoms with Gasteiger partial charge in [0.1, 0.15) is 0 Å². The lowest BCUT2D eigenvalue weighted by atomic mass is 9.64. The summed E-state index contributed by atoms with van der Waals surface area (Å²) in [4.78, 5) is 0. The van der Waals surface area contributed by atoms with Gasteiger partial charge in [-0.15, -0.1) is 0 Å². The van der Waals surface area contributed by atoms with Crippen molar-refractivity contribution in [2.24, 2.45) is 5.41 Å². The molecule has 0 spiro atoms. The molecule has 2 rings (SSSR count). The first-order valence-electron chi connectivity index (χ1n) is 6.15. The van der Waals surface area contributed by atoms with Crippen molar-refractivity contribution in [3.05, 3.63) is 11.6 Å². The number of fused-ring (bicyclic) bond motifs is 1. The highest BCUT2D eigenvalue weighted by Crippen LogP contribution is 2.57. The van der Waals surface area contributed by atoms with Crippen LogP contribution in [0.5, 0.6) is 0 Å². The van der Waals surface area contributed by atoms with E-state index in [0.717, 1.165) is 32.1 Å². The topological polar surface area (TPSA) is 40.5 Å². The molecule has 0 aliphatic heterocycles. The summed E-state index contributed by atoms with van der Waals surface area (Å²) in [6.07, 6.45) is 9.30. The van der Waals surface area contributed by atoms with E-state index in [0.29, 0.717) is 0 Å². The van der Waals surface area contributed by atoms with Crippen molar-refractivity contribution in [1.82, 2.24) is 0 Å². The fourth-order valence-electron chi connectivity index (χ4n) is 3.45. The third-order valence-corrected chi connectivity index (χ3v) is 4.58. The molecular weight excluding hydrogens is 188 g/mol. The van der Waals surface area contributed by atoms with Crippen molar-refractivity contribution in [2.45, 2.75) is 57.5 Å². The molecule has 2 aliphatic carbocycles. The zero-order valence-corrected chi connectivity index (χ0v) is 9.63. The van der Waals surface area contributed by atoms with Crippen LogP contribution in [0.15, 0.2) is 11.6 Å². The molecule has 0 heterocycles. The van der Waals surface area contributed by atoms with Gasteiger partial charge in [0.05, 0.1) is 5.60 Å². The molecule has 2 atom stereocenters. The van der Waals surface area contributed by atoms with E-state index in [9.17, 15) is 5.11 Å². The molecule has 2 N–H and O–H groups in total. The summed E-state index contributed by atoms with van der Waals surface area (Å²) in [6, 6.07) is 0. The Kier molecular flexibility index (Phi) is 2.91. The Hall–Kier alpha value is -0.340. The maximum atomic E-state index is 10.6. The van der Waals surface area contributed by atoms with Crippen LogP contribution in [0.4, 0.5) is 0 Å². The van der Waals surface area contributed by atoms with Crippen molar-refractivity contribution in [2.75, 3.05) is 6.61 Å². The Morgan fingerprint density at radius 1 is 1.27 bits per heavy atom. The summed E-state index contributed by atoms with van der Waals surface area (Å²) in [6.45, 7) is 2.43. The molecule has 0 radical (unpaired) electrons. The molecule has 2 saturated carbocycles. The molecule has 0 saturated heterocycles. The van der Waals surface area contributed by atoms with Gasteiger partial charge in [-0.2, -0.15) is 0 Å². The monoisotopic (exact) mass is 210 g/mol. The maximum Gasteiger partial charge on any atom is 0.0741 e. The summed E-state index contributed by atoms with van der Waals surface area (Å²) >= 11 is 0. The molecule has 2 fully saturated rings. The molecule has 15 heavy (non-hydrogen) atoms. The molecule has 0 aromatic carbocycles. The van der Waals surface area contributed by atoms with Crippen molar-refractivity contribution in [1.29, 1.82) is 0 Å². The Morgan fingerprint density at radius 3 is 2.73 bits per heavy atom. The highest BCUT2D eigenvalue weighted by molar-refractivity contribution is 5.27. The van der Waals surface area contributed by atoms with Crippen molar-refractivity contribution < 1.29 is 10.2 Å². The molecular formula is C13H22O2. The highest BCUT2D eigenvalue weighted by Gasteiger charge is 2.54. The molecule has 2 nitrogen and oxygen atoms in total. The number of rotatable bonds is 2. The minimum absolute atomic E-state index is 0.000417. The zero-order chi connectivity index (χ0) is 10.9. The second kappa shape index (κ2) is 3.91. The average molecular weight is 210 g/mol. The largest absolute Gasteiger partial charge is 0.396 e. The van der Waals surface area contributed by atoms with Crippen molar-refractivity contribution in [3.63, 3.8) is 0 Å². The lowest BCUT2D eigenvalue weighted by Gasteiger charge is -2.44. The predicted molar refractivity (Wildman–Crippen MR) is 60.5 cm³/mol. The molecule has 2 aliphatic rings. The zero-order valence-electron chi connectivity index (χ0n) is 9.63. The van der Waals surface area contributed by atoms with E-state index >= 15 is 0 Å². The lowest BCUT2D eigenvalue weighted by Crippen LogP contribution is -2.45. The van der Waals surface area contributed by atoms with Crippen LogP contribution >= 0.6 is 0 Å². The second-order valence-corrected chi connectivity index (χ2v) is 5.31. The third kappa shape index (κ3) is 1.64. The molecule has 0 amide bonds. The van der Waals surface area contributed by atoms with E-state index < -0.39 is 5.60 Å². The standard InChI is InChI=1S/C13H22O2/c1-12-7-2-3-8-13(12,15)9-6-11(12)5-4-10-14/h5,14-15H,2-4,6-10H2,1H3. The van der Waals surface area contributed by atoms with Gasteiger partial charge in [-0.3, -0.25) is 0 Å². The maximum absolute atomic E-state index is 10.6.